The van der Waals surface area contributed by atoms with Gasteiger partial charge in [-0.2, -0.15) is 5.10 Å². The lowest BCUT2D eigenvalue weighted by molar-refractivity contribution is 0.0614. The molecule has 0 saturated carbocycles. The molecule has 160 valence electrons. The third-order valence-electron chi connectivity index (χ3n) is 5.15. The van der Waals surface area contributed by atoms with E-state index < -0.39 is 0 Å². The number of halogens is 1. The van der Waals surface area contributed by atoms with Crippen LogP contribution < -0.4 is 14.8 Å². The first-order chi connectivity index (χ1) is 14.1. The van der Waals surface area contributed by atoms with Gasteiger partial charge in [0.25, 0.3) is 5.91 Å². The molecule has 0 radical (unpaired) electrons. The van der Waals surface area contributed by atoms with Crippen LogP contribution in [0.2, 0.25) is 0 Å². The highest BCUT2D eigenvalue weighted by Crippen LogP contribution is 2.32. The number of benzene rings is 1. The van der Waals surface area contributed by atoms with Gasteiger partial charge in [-0.3, -0.25) is 9.89 Å². The Morgan fingerprint density at radius 1 is 1.20 bits per heavy atom. The number of ether oxygens (including phenoxy) is 2. The number of H-pyrrole nitrogens is 1. The van der Waals surface area contributed by atoms with Crippen molar-refractivity contribution < 1.29 is 14.3 Å². The number of methoxy groups -OCH3 is 2. The highest BCUT2D eigenvalue weighted by atomic mass is 35.5. The summed E-state index contributed by atoms with van der Waals surface area (Å²) in [6.45, 7) is 2.00. The van der Waals surface area contributed by atoms with Gasteiger partial charge in [-0.25, -0.2) is 4.98 Å². The number of nitrogens with zero attached hydrogens (tertiary/aromatic N) is 4. The maximum absolute atomic E-state index is 13.2. The van der Waals surface area contributed by atoms with Crippen molar-refractivity contribution in [3.63, 3.8) is 0 Å². The van der Waals surface area contributed by atoms with Gasteiger partial charge in [0.15, 0.2) is 11.5 Å². The molecule has 10 heteroatoms. The molecule has 1 aromatic carbocycles. The Hall–Kier alpha value is -3.04. The molecule has 1 amide bonds. The molecule has 1 aliphatic heterocycles. The number of aryl methyl sites for hydroxylation is 1. The molecule has 3 heterocycles. The highest BCUT2D eigenvalue weighted by molar-refractivity contribution is 5.93. The van der Waals surface area contributed by atoms with E-state index in [9.17, 15) is 4.79 Å². The third-order valence-corrected chi connectivity index (χ3v) is 5.15. The predicted molar refractivity (Wildman–Crippen MR) is 114 cm³/mol. The molecule has 9 nitrogen and oxygen atoms in total. The number of hydrogen-bond donors (Lipinski definition) is 2. The van der Waals surface area contributed by atoms with Crippen LogP contribution in [0.25, 0.3) is 11.3 Å². The van der Waals surface area contributed by atoms with E-state index in [-0.39, 0.29) is 24.4 Å². The number of hydrogen-bond acceptors (Lipinski definition) is 6. The van der Waals surface area contributed by atoms with Crippen molar-refractivity contribution in [1.82, 2.24) is 30.0 Å². The van der Waals surface area contributed by atoms with E-state index in [1.165, 1.54) is 0 Å². The molecule has 3 aromatic rings. The van der Waals surface area contributed by atoms with E-state index in [1.807, 2.05) is 40.9 Å². The Labute approximate surface area is 180 Å². The molecule has 4 rings (SSSR count). The second kappa shape index (κ2) is 9.19. The average Bonchev–Trinajstić information content (AvgIpc) is 3.42. The lowest BCUT2D eigenvalue weighted by Crippen LogP contribution is -2.49. The molecule has 2 N–H and O–H groups in total. The molecule has 1 unspecified atom stereocenters. The first-order valence-electron chi connectivity index (χ1n) is 9.39. The minimum atomic E-state index is -0.135. The van der Waals surface area contributed by atoms with Gasteiger partial charge in [0.1, 0.15) is 17.6 Å². The molecule has 0 spiro atoms. The molecule has 0 bridgehead atoms. The molecule has 1 aliphatic rings. The van der Waals surface area contributed by atoms with Crippen molar-refractivity contribution >= 4 is 18.3 Å². The second-order valence-electron chi connectivity index (χ2n) is 6.85. The maximum atomic E-state index is 13.2. The molecule has 1 saturated heterocycles. The SMILES string of the molecule is COc1ccc(-c2cc(C(=O)N3CCNCC3c3nccn3C)[nH]n2)cc1OC.Cl. The fraction of sp³-hybridized carbons (Fsp3) is 0.350. The molecule has 1 atom stereocenters. The molecular formula is C20H25ClN6O3. The summed E-state index contributed by atoms with van der Waals surface area (Å²) in [5, 5.41) is 10.6. The number of imidazole rings is 1. The standard InChI is InChI=1S/C20H24N6O3.ClH/c1-25-8-7-22-19(25)16-12-21-6-9-26(16)20(27)15-11-14(23-24-15)13-4-5-17(28-2)18(10-13)29-3;/h4-5,7-8,10-11,16,21H,6,9,12H2,1-3H3,(H,23,24);1H. The van der Waals surface area contributed by atoms with E-state index in [2.05, 4.69) is 20.5 Å². The van der Waals surface area contributed by atoms with Crippen molar-refractivity contribution in [2.75, 3.05) is 33.9 Å². The Bertz CT molecular complexity index is 1020. The smallest absolute Gasteiger partial charge is 0.272 e. The molecule has 0 aliphatic carbocycles. The van der Waals surface area contributed by atoms with Crippen LogP contribution >= 0.6 is 12.4 Å². The van der Waals surface area contributed by atoms with Crippen LogP contribution in [0.15, 0.2) is 36.7 Å². The van der Waals surface area contributed by atoms with Crippen LogP contribution in [0.1, 0.15) is 22.4 Å². The van der Waals surface area contributed by atoms with Crippen molar-refractivity contribution in [1.29, 1.82) is 0 Å². The van der Waals surface area contributed by atoms with Crippen molar-refractivity contribution in [2.24, 2.45) is 7.05 Å². The number of piperazine rings is 1. The van der Waals surface area contributed by atoms with Crippen molar-refractivity contribution in [3.8, 4) is 22.8 Å². The minimum absolute atomic E-state index is 0. The Morgan fingerprint density at radius 2 is 2.00 bits per heavy atom. The van der Waals surface area contributed by atoms with Gasteiger partial charge in [0.2, 0.25) is 0 Å². The molecule has 1 fully saturated rings. The summed E-state index contributed by atoms with van der Waals surface area (Å²) >= 11 is 0. The summed E-state index contributed by atoms with van der Waals surface area (Å²) in [7, 11) is 5.11. The van der Waals surface area contributed by atoms with Gasteiger partial charge < -0.3 is 24.3 Å². The fourth-order valence-corrected chi connectivity index (χ4v) is 3.61. The van der Waals surface area contributed by atoms with Gasteiger partial charge in [0, 0.05) is 44.6 Å². The quantitative estimate of drug-likeness (QED) is 0.640. The van der Waals surface area contributed by atoms with Crippen molar-refractivity contribution in [2.45, 2.75) is 6.04 Å². The van der Waals surface area contributed by atoms with Crippen LogP contribution in [0.5, 0.6) is 11.5 Å². The molecule has 30 heavy (non-hydrogen) atoms. The molecule has 2 aromatic heterocycles. The van der Waals surface area contributed by atoms with Crippen LogP contribution in [-0.2, 0) is 7.05 Å². The second-order valence-corrected chi connectivity index (χ2v) is 6.85. The van der Waals surface area contributed by atoms with Gasteiger partial charge in [-0.05, 0) is 24.3 Å². The topological polar surface area (TPSA) is 97.3 Å². The monoisotopic (exact) mass is 432 g/mol. The predicted octanol–water partition coefficient (Wildman–Crippen LogP) is 2.04. The van der Waals surface area contributed by atoms with Gasteiger partial charge in [0.05, 0.1) is 19.9 Å². The Morgan fingerprint density at radius 3 is 2.70 bits per heavy atom. The summed E-state index contributed by atoms with van der Waals surface area (Å²) in [6.07, 6.45) is 3.63. The lowest BCUT2D eigenvalue weighted by atomic mass is 10.1. The summed E-state index contributed by atoms with van der Waals surface area (Å²) in [6, 6.07) is 7.17. The lowest BCUT2D eigenvalue weighted by Gasteiger charge is -2.35. The molecular weight excluding hydrogens is 408 g/mol. The summed E-state index contributed by atoms with van der Waals surface area (Å²) < 4.78 is 12.6. The highest BCUT2D eigenvalue weighted by Gasteiger charge is 2.32. The van der Waals surface area contributed by atoms with Crippen LogP contribution in [0.4, 0.5) is 0 Å². The number of rotatable bonds is 5. The van der Waals surface area contributed by atoms with Crippen LogP contribution in [-0.4, -0.2) is 64.4 Å². The number of amides is 1. The normalized spacial score (nSPS) is 16.1. The van der Waals surface area contributed by atoms with E-state index in [1.54, 1.807) is 26.5 Å². The van der Waals surface area contributed by atoms with Gasteiger partial charge in [-0.15, -0.1) is 12.4 Å². The zero-order chi connectivity index (χ0) is 20.4. The van der Waals surface area contributed by atoms with Crippen molar-refractivity contribution in [3.05, 3.63) is 48.2 Å². The maximum Gasteiger partial charge on any atom is 0.272 e. The Kier molecular flexibility index (Phi) is 6.63. The minimum Gasteiger partial charge on any atom is -0.493 e. The van der Waals surface area contributed by atoms with Crippen LogP contribution in [0, 0.1) is 0 Å². The fourth-order valence-electron chi connectivity index (χ4n) is 3.61. The summed E-state index contributed by atoms with van der Waals surface area (Å²) in [5.74, 6) is 2.00. The average molecular weight is 433 g/mol. The number of carbonyl (C=O) groups is 1. The first-order valence-corrected chi connectivity index (χ1v) is 9.39. The number of nitrogens with one attached hydrogen (secondary N) is 2. The first kappa shape index (κ1) is 21.7. The van der Waals surface area contributed by atoms with Gasteiger partial charge >= 0.3 is 0 Å². The summed E-state index contributed by atoms with van der Waals surface area (Å²) in [5.41, 5.74) is 1.94. The summed E-state index contributed by atoms with van der Waals surface area (Å²) in [4.78, 5) is 19.5. The largest absolute Gasteiger partial charge is 0.493 e. The third kappa shape index (κ3) is 3.99. The van der Waals surface area contributed by atoms with Gasteiger partial charge in [-0.1, -0.05) is 0 Å². The zero-order valence-electron chi connectivity index (χ0n) is 17.1. The van der Waals surface area contributed by atoms with E-state index in [0.29, 0.717) is 36.0 Å². The number of aromatic nitrogens is 4. The Balaban J connectivity index is 0.00000256. The number of carbonyl (C=O) groups excluding carboxylic acids is 1. The zero-order valence-corrected chi connectivity index (χ0v) is 17.9. The number of aromatic amines is 1. The van der Waals surface area contributed by atoms with E-state index in [4.69, 9.17) is 9.47 Å². The van der Waals surface area contributed by atoms with E-state index in [0.717, 1.165) is 17.9 Å². The van der Waals surface area contributed by atoms with Crippen LogP contribution in [0.3, 0.4) is 0 Å². The van der Waals surface area contributed by atoms with E-state index >= 15 is 0 Å².